The standard InChI is InChI=1S/C13H20N4O3S/c1-4-8(2)10(13(19)20-3)17-9(18)7-21-12-11(14)15-5-6-16-12/h5-6,8,10H,4,7H2,1-3H3,(H2,14,15)(H,17,18). The Morgan fingerprint density at radius 3 is 2.67 bits per heavy atom. The van der Waals surface area contributed by atoms with Gasteiger partial charge in [-0.05, 0) is 5.92 Å². The van der Waals surface area contributed by atoms with Crippen molar-refractivity contribution in [2.24, 2.45) is 5.92 Å². The molecule has 1 heterocycles. The summed E-state index contributed by atoms with van der Waals surface area (Å²) in [4.78, 5) is 31.6. The first-order valence-electron chi connectivity index (χ1n) is 6.56. The molecular formula is C13H20N4O3S. The van der Waals surface area contributed by atoms with Crippen LogP contribution in [0.5, 0.6) is 0 Å². The predicted molar refractivity (Wildman–Crippen MR) is 80.6 cm³/mol. The van der Waals surface area contributed by atoms with Crippen LogP contribution < -0.4 is 11.1 Å². The molecule has 3 N–H and O–H groups in total. The van der Waals surface area contributed by atoms with E-state index in [4.69, 9.17) is 10.5 Å². The fourth-order valence-corrected chi connectivity index (χ4v) is 2.28. The fourth-order valence-electron chi connectivity index (χ4n) is 1.59. The molecule has 0 saturated carbocycles. The number of nitrogens with zero attached hydrogens (tertiary/aromatic N) is 2. The summed E-state index contributed by atoms with van der Waals surface area (Å²) in [5, 5.41) is 3.18. The third-order valence-corrected chi connectivity index (χ3v) is 4.01. The highest BCUT2D eigenvalue weighted by atomic mass is 32.2. The van der Waals surface area contributed by atoms with Gasteiger partial charge in [0.15, 0.2) is 5.82 Å². The van der Waals surface area contributed by atoms with Crippen LogP contribution in [0, 0.1) is 5.92 Å². The number of carbonyl (C=O) groups is 2. The second kappa shape index (κ2) is 8.46. The summed E-state index contributed by atoms with van der Waals surface area (Å²) in [6.45, 7) is 3.83. The number of ether oxygens (including phenoxy) is 1. The van der Waals surface area contributed by atoms with Crippen molar-refractivity contribution < 1.29 is 14.3 Å². The Morgan fingerprint density at radius 2 is 2.10 bits per heavy atom. The Bertz CT molecular complexity index is 498. The third kappa shape index (κ3) is 5.22. The summed E-state index contributed by atoms with van der Waals surface area (Å²) in [7, 11) is 1.30. The van der Waals surface area contributed by atoms with Crippen molar-refractivity contribution in [2.45, 2.75) is 31.3 Å². The molecule has 1 aromatic heterocycles. The van der Waals surface area contributed by atoms with Crippen LogP contribution in [0.2, 0.25) is 0 Å². The van der Waals surface area contributed by atoms with E-state index in [1.807, 2.05) is 13.8 Å². The van der Waals surface area contributed by atoms with E-state index in [0.717, 1.165) is 6.42 Å². The molecule has 0 radical (unpaired) electrons. The largest absolute Gasteiger partial charge is 0.467 e. The second-order valence-corrected chi connectivity index (χ2v) is 5.45. The molecule has 1 aromatic rings. The van der Waals surface area contributed by atoms with Crippen molar-refractivity contribution in [3.8, 4) is 0 Å². The molecule has 1 rings (SSSR count). The predicted octanol–water partition coefficient (Wildman–Crippen LogP) is 0.855. The van der Waals surface area contributed by atoms with E-state index in [0.29, 0.717) is 5.03 Å². The van der Waals surface area contributed by atoms with E-state index >= 15 is 0 Å². The number of hydrogen-bond acceptors (Lipinski definition) is 7. The lowest BCUT2D eigenvalue weighted by atomic mass is 9.99. The molecule has 0 spiro atoms. The number of aromatic nitrogens is 2. The smallest absolute Gasteiger partial charge is 0.328 e. The van der Waals surface area contributed by atoms with Crippen molar-refractivity contribution in [3.63, 3.8) is 0 Å². The summed E-state index contributed by atoms with van der Waals surface area (Å²) >= 11 is 1.17. The quantitative estimate of drug-likeness (QED) is 0.568. The van der Waals surface area contributed by atoms with Gasteiger partial charge in [0.1, 0.15) is 11.1 Å². The average molecular weight is 312 g/mol. The van der Waals surface area contributed by atoms with Crippen molar-refractivity contribution in [2.75, 3.05) is 18.6 Å². The summed E-state index contributed by atoms with van der Waals surface area (Å²) in [6.07, 6.45) is 3.74. The maximum atomic E-state index is 12.0. The highest BCUT2D eigenvalue weighted by Gasteiger charge is 2.26. The highest BCUT2D eigenvalue weighted by molar-refractivity contribution is 8.00. The summed E-state index contributed by atoms with van der Waals surface area (Å²) < 4.78 is 4.72. The first kappa shape index (κ1) is 17.2. The van der Waals surface area contributed by atoms with Gasteiger partial charge in [-0.3, -0.25) is 4.79 Å². The topological polar surface area (TPSA) is 107 Å². The molecule has 2 atom stereocenters. The number of nitrogen functional groups attached to an aromatic ring is 1. The van der Waals surface area contributed by atoms with E-state index in [2.05, 4.69) is 15.3 Å². The van der Waals surface area contributed by atoms with Crippen LogP contribution in [0.1, 0.15) is 20.3 Å². The van der Waals surface area contributed by atoms with E-state index < -0.39 is 12.0 Å². The summed E-state index contributed by atoms with van der Waals surface area (Å²) in [6, 6.07) is -0.646. The monoisotopic (exact) mass is 312 g/mol. The molecule has 21 heavy (non-hydrogen) atoms. The molecule has 0 aliphatic rings. The zero-order chi connectivity index (χ0) is 15.8. The van der Waals surface area contributed by atoms with Gasteiger partial charge in [-0.1, -0.05) is 32.0 Å². The normalized spacial score (nSPS) is 13.3. The molecule has 0 bridgehead atoms. The Labute approximate surface area is 128 Å². The molecule has 0 saturated heterocycles. The van der Waals surface area contributed by atoms with Crippen LogP contribution in [0.15, 0.2) is 17.4 Å². The lowest BCUT2D eigenvalue weighted by Crippen LogP contribution is -2.46. The van der Waals surface area contributed by atoms with Crippen molar-refractivity contribution in [3.05, 3.63) is 12.4 Å². The van der Waals surface area contributed by atoms with Gasteiger partial charge in [0, 0.05) is 12.4 Å². The molecular weight excluding hydrogens is 292 g/mol. The molecule has 1 amide bonds. The lowest BCUT2D eigenvalue weighted by molar-refractivity contribution is -0.146. The van der Waals surface area contributed by atoms with Crippen LogP contribution in [0.3, 0.4) is 0 Å². The van der Waals surface area contributed by atoms with Gasteiger partial charge in [0.2, 0.25) is 5.91 Å². The van der Waals surface area contributed by atoms with Crippen molar-refractivity contribution >= 4 is 29.5 Å². The Hall–Kier alpha value is -1.83. The fraction of sp³-hybridized carbons (Fsp3) is 0.538. The van der Waals surface area contributed by atoms with Crippen LogP contribution in [-0.4, -0.2) is 40.7 Å². The first-order valence-corrected chi connectivity index (χ1v) is 7.54. The molecule has 7 nitrogen and oxygen atoms in total. The number of carbonyl (C=O) groups excluding carboxylic acids is 2. The number of rotatable bonds is 7. The zero-order valence-corrected chi connectivity index (χ0v) is 13.1. The average Bonchev–Trinajstić information content (AvgIpc) is 2.50. The molecule has 0 aliphatic heterocycles. The van der Waals surface area contributed by atoms with Crippen molar-refractivity contribution in [1.82, 2.24) is 15.3 Å². The number of hydrogen-bond donors (Lipinski definition) is 2. The van der Waals surface area contributed by atoms with Crippen LogP contribution in [0.4, 0.5) is 5.82 Å². The number of esters is 1. The molecule has 2 unspecified atom stereocenters. The summed E-state index contributed by atoms with van der Waals surface area (Å²) in [5.74, 6) is -0.343. The molecule has 0 aromatic carbocycles. The van der Waals surface area contributed by atoms with E-state index in [-0.39, 0.29) is 23.4 Å². The minimum Gasteiger partial charge on any atom is -0.467 e. The number of anilines is 1. The lowest BCUT2D eigenvalue weighted by Gasteiger charge is -2.21. The van der Waals surface area contributed by atoms with Crippen LogP contribution in [-0.2, 0) is 14.3 Å². The number of thioether (sulfide) groups is 1. The van der Waals surface area contributed by atoms with E-state index in [1.54, 1.807) is 0 Å². The third-order valence-electron chi connectivity index (χ3n) is 3.02. The molecule has 8 heteroatoms. The van der Waals surface area contributed by atoms with Gasteiger partial charge in [0.25, 0.3) is 0 Å². The van der Waals surface area contributed by atoms with Crippen molar-refractivity contribution in [1.29, 1.82) is 0 Å². The first-order chi connectivity index (χ1) is 9.99. The highest BCUT2D eigenvalue weighted by Crippen LogP contribution is 2.19. The molecule has 0 fully saturated rings. The second-order valence-electron chi connectivity index (χ2n) is 4.49. The Kier molecular flexibility index (Phi) is 6.93. The van der Waals surface area contributed by atoms with Gasteiger partial charge in [-0.25, -0.2) is 14.8 Å². The molecule has 116 valence electrons. The van der Waals surface area contributed by atoms with Gasteiger partial charge in [0.05, 0.1) is 12.9 Å². The van der Waals surface area contributed by atoms with Gasteiger partial charge >= 0.3 is 5.97 Å². The van der Waals surface area contributed by atoms with E-state index in [9.17, 15) is 9.59 Å². The maximum Gasteiger partial charge on any atom is 0.328 e. The van der Waals surface area contributed by atoms with Gasteiger partial charge in [-0.15, -0.1) is 0 Å². The Balaban J connectivity index is 2.58. The van der Waals surface area contributed by atoms with E-state index in [1.165, 1.54) is 31.3 Å². The van der Waals surface area contributed by atoms with Crippen LogP contribution in [0.25, 0.3) is 0 Å². The van der Waals surface area contributed by atoms with Gasteiger partial charge < -0.3 is 15.8 Å². The zero-order valence-electron chi connectivity index (χ0n) is 12.3. The van der Waals surface area contributed by atoms with Gasteiger partial charge in [-0.2, -0.15) is 0 Å². The Morgan fingerprint density at radius 1 is 1.43 bits per heavy atom. The minimum absolute atomic E-state index is 0.00649. The number of nitrogens with one attached hydrogen (secondary N) is 1. The minimum atomic E-state index is -0.646. The number of amides is 1. The molecule has 0 aliphatic carbocycles. The number of nitrogens with two attached hydrogens (primary N) is 1. The number of methoxy groups -OCH3 is 1. The maximum absolute atomic E-state index is 12.0. The summed E-state index contributed by atoms with van der Waals surface area (Å²) in [5.41, 5.74) is 5.65. The SMILES string of the molecule is CCC(C)C(NC(=O)CSc1nccnc1N)C(=O)OC. The van der Waals surface area contributed by atoms with Crippen LogP contribution >= 0.6 is 11.8 Å².